The molecule has 0 atom stereocenters. The zero-order chi connectivity index (χ0) is 14.5. The zero-order valence-corrected chi connectivity index (χ0v) is 11.8. The number of nitrogens with zero attached hydrogens (tertiary/aromatic N) is 1. The van der Waals surface area contributed by atoms with Crippen molar-refractivity contribution in [3.8, 4) is 11.5 Å². The van der Waals surface area contributed by atoms with Gasteiger partial charge in [-0.2, -0.15) is 0 Å². The van der Waals surface area contributed by atoms with Crippen LogP contribution in [0.15, 0.2) is 47.5 Å². The van der Waals surface area contributed by atoms with Crippen LogP contribution in [-0.2, 0) is 0 Å². The summed E-state index contributed by atoms with van der Waals surface area (Å²) in [6.07, 6.45) is 0. The van der Waals surface area contributed by atoms with E-state index in [9.17, 15) is 4.39 Å². The number of hydrogen-bond acceptors (Lipinski definition) is 2. The number of rotatable bonds is 4. The predicted octanol–water partition coefficient (Wildman–Crippen LogP) is 4.50. The second-order valence-electron chi connectivity index (χ2n) is 3.91. The number of ether oxygens (including phenoxy) is 1. The van der Waals surface area contributed by atoms with Gasteiger partial charge in [0.1, 0.15) is 23.2 Å². The maximum absolute atomic E-state index is 13.1. The molecular weight excluding hydrogens is 302 g/mol. The molecule has 2 N–H and O–H groups in total. The lowest BCUT2D eigenvalue weighted by Gasteiger charge is -2.08. The molecule has 0 aliphatic carbocycles. The number of aliphatic imine (C=N–C) groups is 1. The van der Waals surface area contributed by atoms with Crippen molar-refractivity contribution in [3.05, 3.63) is 53.3 Å². The van der Waals surface area contributed by atoms with Crippen LogP contribution in [0.25, 0.3) is 0 Å². The van der Waals surface area contributed by atoms with Gasteiger partial charge in [0.2, 0.25) is 0 Å². The highest BCUT2D eigenvalue weighted by atomic mass is 35.5. The molecule has 0 heterocycles. The average Bonchev–Trinajstić information content (AvgIpc) is 2.42. The molecule has 0 aliphatic heterocycles. The fourth-order valence-electron chi connectivity index (χ4n) is 1.50. The number of benzene rings is 2. The Morgan fingerprint density at radius 3 is 2.70 bits per heavy atom. The largest absolute Gasteiger partial charge is 0.456 e. The van der Waals surface area contributed by atoms with Crippen molar-refractivity contribution in [2.24, 2.45) is 10.7 Å². The van der Waals surface area contributed by atoms with Crippen LogP contribution in [0, 0.1) is 5.82 Å². The van der Waals surface area contributed by atoms with Crippen molar-refractivity contribution >= 4 is 34.7 Å². The van der Waals surface area contributed by atoms with Crippen molar-refractivity contribution < 1.29 is 9.13 Å². The summed E-state index contributed by atoms with van der Waals surface area (Å²) in [6, 6.07) is 10.7. The van der Waals surface area contributed by atoms with E-state index < -0.39 is 0 Å². The molecule has 0 saturated heterocycles. The molecule has 2 aromatic rings. The molecule has 3 nitrogen and oxygen atoms in total. The first kappa shape index (κ1) is 14.6. The Balaban J connectivity index is 2.22. The standard InChI is InChI=1S/C14H11Cl2FN2O/c15-8-14(18)19-10-4-5-13(12(16)7-10)20-11-3-1-2-9(17)6-11/h1-7H,8H2,(H2,18,19). The van der Waals surface area contributed by atoms with Crippen LogP contribution in [0.1, 0.15) is 0 Å². The topological polar surface area (TPSA) is 47.6 Å². The van der Waals surface area contributed by atoms with E-state index >= 15 is 0 Å². The van der Waals surface area contributed by atoms with E-state index in [1.807, 2.05) is 0 Å². The van der Waals surface area contributed by atoms with Crippen molar-refractivity contribution in [3.63, 3.8) is 0 Å². The van der Waals surface area contributed by atoms with Gasteiger partial charge >= 0.3 is 0 Å². The van der Waals surface area contributed by atoms with Crippen molar-refractivity contribution in [1.82, 2.24) is 0 Å². The minimum Gasteiger partial charge on any atom is -0.456 e. The summed E-state index contributed by atoms with van der Waals surface area (Å²) in [4.78, 5) is 4.06. The maximum atomic E-state index is 13.1. The number of nitrogens with two attached hydrogens (primary N) is 1. The van der Waals surface area contributed by atoms with Crippen LogP contribution in [0.3, 0.4) is 0 Å². The Labute approximate surface area is 125 Å². The molecule has 2 rings (SSSR count). The van der Waals surface area contributed by atoms with Crippen LogP contribution in [0.4, 0.5) is 10.1 Å². The minimum absolute atomic E-state index is 0.138. The van der Waals surface area contributed by atoms with Crippen LogP contribution >= 0.6 is 23.2 Å². The van der Waals surface area contributed by atoms with Crippen LogP contribution < -0.4 is 10.5 Å². The molecule has 0 fully saturated rings. The average molecular weight is 313 g/mol. The first-order valence-electron chi connectivity index (χ1n) is 5.70. The maximum Gasteiger partial charge on any atom is 0.146 e. The summed E-state index contributed by atoms with van der Waals surface area (Å²) in [5.41, 5.74) is 6.10. The van der Waals surface area contributed by atoms with Gasteiger partial charge in [0, 0.05) is 6.07 Å². The van der Waals surface area contributed by atoms with Gasteiger partial charge in [-0.05, 0) is 30.3 Å². The Morgan fingerprint density at radius 1 is 1.25 bits per heavy atom. The molecule has 0 aliphatic rings. The van der Waals surface area contributed by atoms with Crippen molar-refractivity contribution in [2.45, 2.75) is 0 Å². The molecule has 0 radical (unpaired) electrons. The molecule has 0 amide bonds. The quantitative estimate of drug-likeness (QED) is 0.513. The third kappa shape index (κ3) is 3.85. The van der Waals surface area contributed by atoms with E-state index in [1.165, 1.54) is 12.1 Å². The van der Waals surface area contributed by atoms with E-state index in [-0.39, 0.29) is 11.7 Å². The van der Waals surface area contributed by atoms with Gasteiger partial charge in [-0.3, -0.25) is 0 Å². The second-order valence-corrected chi connectivity index (χ2v) is 4.59. The van der Waals surface area contributed by atoms with Gasteiger partial charge in [-0.1, -0.05) is 17.7 Å². The fourth-order valence-corrected chi connectivity index (χ4v) is 1.77. The van der Waals surface area contributed by atoms with E-state index in [4.69, 9.17) is 33.7 Å². The molecule has 0 spiro atoms. The first-order chi connectivity index (χ1) is 9.58. The Hall–Kier alpha value is -1.78. The van der Waals surface area contributed by atoms with Crippen molar-refractivity contribution in [1.29, 1.82) is 0 Å². The molecule has 2 aromatic carbocycles. The van der Waals surface area contributed by atoms with Gasteiger partial charge in [0.15, 0.2) is 0 Å². The van der Waals surface area contributed by atoms with E-state index in [1.54, 1.807) is 30.3 Å². The van der Waals surface area contributed by atoms with Crippen LogP contribution in [0.2, 0.25) is 5.02 Å². The molecule has 0 bridgehead atoms. The lowest BCUT2D eigenvalue weighted by molar-refractivity contribution is 0.477. The van der Waals surface area contributed by atoms with E-state index in [2.05, 4.69) is 4.99 Å². The smallest absolute Gasteiger partial charge is 0.146 e. The molecule has 0 unspecified atom stereocenters. The number of halogens is 3. The fraction of sp³-hybridized carbons (Fsp3) is 0.0714. The first-order valence-corrected chi connectivity index (χ1v) is 6.61. The summed E-state index contributed by atoms with van der Waals surface area (Å²) in [5, 5.41) is 0.345. The SMILES string of the molecule is NC(CCl)=Nc1ccc(Oc2cccc(F)c2)c(Cl)c1. The highest BCUT2D eigenvalue weighted by molar-refractivity contribution is 6.32. The van der Waals surface area contributed by atoms with Gasteiger partial charge in [-0.25, -0.2) is 9.38 Å². The number of amidine groups is 1. The third-order valence-electron chi connectivity index (χ3n) is 2.35. The van der Waals surface area contributed by atoms with Crippen LogP contribution in [-0.4, -0.2) is 11.7 Å². The van der Waals surface area contributed by atoms with Gasteiger partial charge in [-0.15, -0.1) is 11.6 Å². The molecular formula is C14H11Cl2FN2O. The van der Waals surface area contributed by atoms with Gasteiger partial charge in [0.25, 0.3) is 0 Å². The second kappa shape index (κ2) is 6.59. The van der Waals surface area contributed by atoms with Gasteiger partial charge in [0.05, 0.1) is 16.6 Å². The zero-order valence-electron chi connectivity index (χ0n) is 10.3. The van der Waals surface area contributed by atoms with E-state index in [0.29, 0.717) is 28.0 Å². The third-order valence-corrected chi connectivity index (χ3v) is 2.92. The Kier molecular flexibility index (Phi) is 4.82. The molecule has 0 aromatic heterocycles. The molecule has 104 valence electrons. The van der Waals surface area contributed by atoms with E-state index in [0.717, 1.165) is 0 Å². The summed E-state index contributed by atoms with van der Waals surface area (Å²) in [5.74, 6) is 0.819. The summed E-state index contributed by atoms with van der Waals surface area (Å²) >= 11 is 11.6. The lowest BCUT2D eigenvalue weighted by atomic mass is 10.3. The monoisotopic (exact) mass is 312 g/mol. The lowest BCUT2D eigenvalue weighted by Crippen LogP contribution is -2.12. The van der Waals surface area contributed by atoms with Crippen LogP contribution in [0.5, 0.6) is 11.5 Å². The summed E-state index contributed by atoms with van der Waals surface area (Å²) in [6.45, 7) is 0. The predicted molar refractivity (Wildman–Crippen MR) is 79.9 cm³/mol. The Bertz CT molecular complexity index is 647. The Morgan fingerprint density at radius 2 is 2.05 bits per heavy atom. The van der Waals surface area contributed by atoms with Crippen molar-refractivity contribution in [2.75, 3.05) is 5.88 Å². The van der Waals surface area contributed by atoms with Gasteiger partial charge < -0.3 is 10.5 Å². The highest BCUT2D eigenvalue weighted by Crippen LogP contribution is 2.32. The molecule has 6 heteroatoms. The summed E-state index contributed by atoms with van der Waals surface area (Å²) in [7, 11) is 0. The highest BCUT2D eigenvalue weighted by Gasteiger charge is 2.05. The molecule has 20 heavy (non-hydrogen) atoms. The number of hydrogen-bond donors (Lipinski definition) is 1. The molecule has 0 saturated carbocycles. The minimum atomic E-state index is -0.380. The normalized spacial score (nSPS) is 11.4. The summed E-state index contributed by atoms with van der Waals surface area (Å²) < 4.78 is 18.6. The number of alkyl halides is 1.